The first kappa shape index (κ1) is 13.1. The van der Waals surface area contributed by atoms with Crippen LogP contribution in [0.5, 0.6) is 0 Å². The summed E-state index contributed by atoms with van der Waals surface area (Å²) >= 11 is 5.42. The van der Waals surface area contributed by atoms with Crippen LogP contribution < -0.4 is 5.32 Å². The van der Waals surface area contributed by atoms with Crippen LogP contribution in [0.1, 0.15) is 11.3 Å². The summed E-state index contributed by atoms with van der Waals surface area (Å²) in [6, 6.07) is 2.27. The molecule has 0 aromatic carbocycles. The molecule has 0 unspecified atom stereocenters. The molecule has 3 nitrogen and oxygen atoms in total. The minimum Gasteiger partial charge on any atom is -0.379 e. The van der Waals surface area contributed by atoms with Crippen LogP contribution in [-0.2, 0) is 10.2 Å². The van der Waals surface area contributed by atoms with Gasteiger partial charge in [0, 0.05) is 40.9 Å². The monoisotopic (exact) mass is 330 g/mol. The molecule has 1 N–H and O–H groups in total. The molecule has 0 atom stereocenters. The summed E-state index contributed by atoms with van der Waals surface area (Å²) in [5, 5.41) is 5.59. The molecule has 0 spiro atoms. The number of rotatable bonds is 4. The highest BCUT2D eigenvalue weighted by Crippen LogP contribution is 2.40. The molecular weight excluding hydrogens is 312 g/mol. The van der Waals surface area contributed by atoms with Gasteiger partial charge in [-0.15, -0.1) is 11.3 Å². The third kappa shape index (κ3) is 2.65. The summed E-state index contributed by atoms with van der Waals surface area (Å²) in [5.74, 6) is 0. The Hall–Kier alpha value is 0.0600. The van der Waals surface area contributed by atoms with Crippen molar-refractivity contribution >= 4 is 27.3 Å². The standard InChI is InChI=1S/C13H19BrN2OS/c14-11-7-12(18-8-11)13(9-17-10-13)1-4-16-5-2-15-3-6-16/h7-8,15H,1-6,9-10H2. The Kier molecular flexibility index (Phi) is 4.06. The average Bonchev–Trinajstić information content (AvgIpc) is 2.76. The molecule has 0 saturated carbocycles. The normalized spacial score (nSPS) is 23.8. The third-order valence-electron chi connectivity index (χ3n) is 3.96. The fourth-order valence-electron chi connectivity index (χ4n) is 2.66. The van der Waals surface area contributed by atoms with E-state index < -0.39 is 0 Å². The van der Waals surface area contributed by atoms with Gasteiger partial charge >= 0.3 is 0 Å². The molecule has 5 heteroatoms. The molecule has 2 aliphatic heterocycles. The zero-order chi connectivity index (χ0) is 12.4. The van der Waals surface area contributed by atoms with Gasteiger partial charge in [-0.2, -0.15) is 0 Å². The Morgan fingerprint density at radius 1 is 1.39 bits per heavy atom. The van der Waals surface area contributed by atoms with E-state index in [1.165, 1.54) is 35.4 Å². The van der Waals surface area contributed by atoms with Gasteiger partial charge in [-0.25, -0.2) is 0 Å². The van der Waals surface area contributed by atoms with Crippen LogP contribution in [0.4, 0.5) is 0 Å². The molecule has 2 saturated heterocycles. The summed E-state index contributed by atoms with van der Waals surface area (Å²) in [6.45, 7) is 7.62. The largest absolute Gasteiger partial charge is 0.379 e. The lowest BCUT2D eigenvalue weighted by Gasteiger charge is -2.42. The summed E-state index contributed by atoms with van der Waals surface area (Å²) < 4.78 is 6.71. The van der Waals surface area contributed by atoms with Crippen molar-refractivity contribution in [2.75, 3.05) is 45.9 Å². The molecule has 2 aliphatic rings. The number of nitrogens with one attached hydrogen (secondary N) is 1. The minimum atomic E-state index is 0.293. The lowest BCUT2D eigenvalue weighted by Crippen LogP contribution is -2.50. The van der Waals surface area contributed by atoms with E-state index in [0.29, 0.717) is 5.41 Å². The van der Waals surface area contributed by atoms with Crippen molar-refractivity contribution < 1.29 is 4.74 Å². The van der Waals surface area contributed by atoms with Gasteiger partial charge in [0.1, 0.15) is 0 Å². The van der Waals surface area contributed by atoms with Gasteiger partial charge in [0.25, 0.3) is 0 Å². The summed E-state index contributed by atoms with van der Waals surface area (Å²) in [4.78, 5) is 4.05. The molecule has 0 aliphatic carbocycles. The molecule has 18 heavy (non-hydrogen) atoms. The topological polar surface area (TPSA) is 24.5 Å². The van der Waals surface area contributed by atoms with Gasteiger partial charge < -0.3 is 15.0 Å². The first-order valence-corrected chi connectivity index (χ1v) is 8.21. The number of hydrogen-bond donors (Lipinski definition) is 1. The number of ether oxygens (including phenoxy) is 1. The zero-order valence-corrected chi connectivity index (χ0v) is 12.9. The van der Waals surface area contributed by atoms with Crippen molar-refractivity contribution in [1.82, 2.24) is 10.2 Å². The van der Waals surface area contributed by atoms with Gasteiger partial charge in [-0.3, -0.25) is 0 Å². The highest BCUT2D eigenvalue weighted by Gasteiger charge is 2.41. The fourth-order valence-corrected chi connectivity index (χ4v) is 4.29. The average molecular weight is 331 g/mol. The van der Waals surface area contributed by atoms with Crippen molar-refractivity contribution in [2.45, 2.75) is 11.8 Å². The smallest absolute Gasteiger partial charge is 0.0594 e. The Labute approximate surface area is 121 Å². The van der Waals surface area contributed by atoms with Crippen LogP contribution in [0, 0.1) is 0 Å². The van der Waals surface area contributed by atoms with Gasteiger partial charge in [0.15, 0.2) is 0 Å². The Morgan fingerprint density at radius 2 is 2.17 bits per heavy atom. The molecule has 3 heterocycles. The highest BCUT2D eigenvalue weighted by molar-refractivity contribution is 9.10. The number of halogens is 1. The van der Waals surface area contributed by atoms with Crippen LogP contribution in [0.2, 0.25) is 0 Å². The van der Waals surface area contributed by atoms with E-state index in [4.69, 9.17) is 4.74 Å². The number of hydrogen-bond acceptors (Lipinski definition) is 4. The summed E-state index contributed by atoms with van der Waals surface area (Å²) in [5.41, 5.74) is 0.293. The molecule has 2 fully saturated rings. The molecular formula is C13H19BrN2OS. The number of piperazine rings is 1. The van der Waals surface area contributed by atoms with E-state index in [9.17, 15) is 0 Å². The summed E-state index contributed by atoms with van der Waals surface area (Å²) in [7, 11) is 0. The lowest BCUT2D eigenvalue weighted by molar-refractivity contribution is -0.0660. The second-order valence-corrected chi connectivity index (χ2v) is 7.07. The zero-order valence-electron chi connectivity index (χ0n) is 10.5. The second kappa shape index (κ2) is 5.59. The molecule has 0 bridgehead atoms. The third-order valence-corrected chi connectivity index (χ3v) is 5.90. The van der Waals surface area contributed by atoms with Crippen molar-refractivity contribution in [3.05, 3.63) is 20.8 Å². The predicted octanol–water partition coefficient (Wildman–Crippen LogP) is 2.07. The highest BCUT2D eigenvalue weighted by atomic mass is 79.9. The van der Waals surface area contributed by atoms with E-state index in [0.717, 1.165) is 26.3 Å². The van der Waals surface area contributed by atoms with Gasteiger partial charge in [0.05, 0.1) is 18.6 Å². The Morgan fingerprint density at radius 3 is 2.72 bits per heavy atom. The Balaban J connectivity index is 1.61. The van der Waals surface area contributed by atoms with Crippen molar-refractivity contribution in [2.24, 2.45) is 0 Å². The lowest BCUT2D eigenvalue weighted by atomic mass is 9.80. The first-order valence-electron chi connectivity index (χ1n) is 6.54. The first-order chi connectivity index (χ1) is 8.78. The SMILES string of the molecule is Brc1csc(C2(CCN3CCNCC3)COC2)c1. The second-order valence-electron chi connectivity index (χ2n) is 5.24. The van der Waals surface area contributed by atoms with E-state index >= 15 is 0 Å². The van der Waals surface area contributed by atoms with Crippen molar-refractivity contribution in [3.8, 4) is 0 Å². The maximum atomic E-state index is 5.50. The molecule has 0 amide bonds. The van der Waals surface area contributed by atoms with Gasteiger partial charge in [-0.1, -0.05) is 0 Å². The van der Waals surface area contributed by atoms with Crippen LogP contribution >= 0.6 is 27.3 Å². The number of nitrogens with zero attached hydrogens (tertiary/aromatic N) is 1. The van der Waals surface area contributed by atoms with Gasteiger partial charge in [-0.05, 0) is 35.0 Å². The van der Waals surface area contributed by atoms with E-state index in [1.54, 1.807) is 0 Å². The van der Waals surface area contributed by atoms with Crippen LogP contribution in [0.15, 0.2) is 15.9 Å². The predicted molar refractivity (Wildman–Crippen MR) is 78.4 cm³/mol. The number of thiophene rings is 1. The fraction of sp³-hybridized carbons (Fsp3) is 0.692. The molecule has 3 rings (SSSR count). The van der Waals surface area contributed by atoms with E-state index in [-0.39, 0.29) is 0 Å². The molecule has 0 radical (unpaired) electrons. The van der Waals surface area contributed by atoms with Gasteiger partial charge in [0.2, 0.25) is 0 Å². The molecule has 1 aromatic rings. The summed E-state index contributed by atoms with van der Waals surface area (Å²) in [6.07, 6.45) is 1.22. The van der Waals surface area contributed by atoms with Crippen LogP contribution in [0.25, 0.3) is 0 Å². The van der Waals surface area contributed by atoms with Crippen molar-refractivity contribution in [3.63, 3.8) is 0 Å². The van der Waals surface area contributed by atoms with E-state index in [2.05, 4.69) is 37.6 Å². The Bertz CT molecular complexity index is 399. The quantitative estimate of drug-likeness (QED) is 0.914. The molecule has 1 aromatic heterocycles. The van der Waals surface area contributed by atoms with E-state index in [1.807, 2.05) is 11.3 Å². The van der Waals surface area contributed by atoms with Crippen molar-refractivity contribution in [1.29, 1.82) is 0 Å². The maximum Gasteiger partial charge on any atom is 0.0594 e. The molecule has 100 valence electrons. The van der Waals surface area contributed by atoms with Crippen LogP contribution in [0.3, 0.4) is 0 Å². The maximum absolute atomic E-state index is 5.50. The van der Waals surface area contributed by atoms with Crippen LogP contribution in [-0.4, -0.2) is 50.8 Å². The minimum absolute atomic E-state index is 0.293.